The summed E-state index contributed by atoms with van der Waals surface area (Å²) in [7, 11) is 1.56. The zero-order valence-corrected chi connectivity index (χ0v) is 13.3. The van der Waals surface area contributed by atoms with E-state index in [1.807, 2.05) is 13.8 Å². The summed E-state index contributed by atoms with van der Waals surface area (Å²) in [5.74, 6) is 0.0183. The normalized spacial score (nSPS) is 10.3. The van der Waals surface area contributed by atoms with Crippen LogP contribution in [0.2, 0.25) is 0 Å². The molecule has 0 bridgehead atoms. The third-order valence-corrected chi connectivity index (χ3v) is 3.00. The van der Waals surface area contributed by atoms with Crippen LogP contribution in [0.4, 0.5) is 5.69 Å². The van der Waals surface area contributed by atoms with Gasteiger partial charge in [0.15, 0.2) is 0 Å². The van der Waals surface area contributed by atoms with Crippen molar-refractivity contribution in [3.05, 3.63) is 53.9 Å². The number of aromatic nitrogens is 1. The minimum absolute atomic E-state index is 0.00133. The fourth-order valence-corrected chi connectivity index (χ4v) is 1.94. The highest BCUT2D eigenvalue weighted by Gasteiger charge is 2.13. The quantitative estimate of drug-likeness (QED) is 0.888. The lowest BCUT2D eigenvalue weighted by molar-refractivity contribution is 0.0938. The first-order valence-corrected chi connectivity index (χ1v) is 7.22. The van der Waals surface area contributed by atoms with Gasteiger partial charge in [-0.05, 0) is 38.1 Å². The Morgan fingerprint density at radius 3 is 2.61 bits per heavy atom. The molecule has 23 heavy (non-hydrogen) atoms. The summed E-state index contributed by atoms with van der Waals surface area (Å²) < 4.78 is 5.12. The van der Waals surface area contributed by atoms with E-state index < -0.39 is 0 Å². The van der Waals surface area contributed by atoms with Crippen LogP contribution < -0.4 is 15.4 Å². The molecule has 6 nitrogen and oxygen atoms in total. The van der Waals surface area contributed by atoms with Crippen molar-refractivity contribution in [2.24, 2.45) is 0 Å². The number of hydrogen-bond donors (Lipinski definition) is 2. The third-order valence-electron chi connectivity index (χ3n) is 3.00. The summed E-state index contributed by atoms with van der Waals surface area (Å²) in [5.41, 5.74) is 1.17. The maximum absolute atomic E-state index is 12.3. The topological polar surface area (TPSA) is 80.3 Å². The number of amides is 2. The van der Waals surface area contributed by atoms with Crippen LogP contribution in [0.3, 0.4) is 0 Å². The molecule has 0 fully saturated rings. The second-order valence-electron chi connectivity index (χ2n) is 5.24. The molecule has 0 aliphatic heterocycles. The van der Waals surface area contributed by atoms with E-state index in [1.54, 1.807) is 37.4 Å². The van der Waals surface area contributed by atoms with E-state index in [0.29, 0.717) is 17.0 Å². The summed E-state index contributed by atoms with van der Waals surface area (Å²) >= 11 is 0. The molecule has 0 spiro atoms. The largest absolute Gasteiger partial charge is 0.497 e. The third kappa shape index (κ3) is 4.54. The molecule has 0 aliphatic carbocycles. The summed E-state index contributed by atoms with van der Waals surface area (Å²) in [6.07, 6.45) is 1.44. The van der Waals surface area contributed by atoms with E-state index in [2.05, 4.69) is 15.6 Å². The minimum atomic E-state index is -0.320. The molecular formula is C17H19N3O3. The molecule has 0 aliphatic rings. The smallest absolute Gasteiger partial charge is 0.270 e. The molecule has 6 heteroatoms. The minimum Gasteiger partial charge on any atom is -0.497 e. The molecule has 0 saturated carbocycles. The predicted octanol–water partition coefficient (Wildman–Crippen LogP) is 2.48. The second-order valence-corrected chi connectivity index (χ2v) is 5.24. The molecular weight excluding hydrogens is 294 g/mol. The Hall–Kier alpha value is -2.89. The van der Waals surface area contributed by atoms with Gasteiger partial charge in [0.2, 0.25) is 0 Å². The first-order valence-electron chi connectivity index (χ1n) is 7.22. The number of pyridine rings is 1. The van der Waals surface area contributed by atoms with Gasteiger partial charge in [-0.15, -0.1) is 0 Å². The van der Waals surface area contributed by atoms with E-state index in [9.17, 15) is 9.59 Å². The number of carbonyl (C=O) groups excluding carboxylic acids is 2. The van der Waals surface area contributed by atoms with Gasteiger partial charge < -0.3 is 15.4 Å². The number of ether oxygens (including phenoxy) is 1. The Morgan fingerprint density at radius 2 is 1.91 bits per heavy atom. The molecule has 120 valence electrons. The highest BCUT2D eigenvalue weighted by Crippen LogP contribution is 2.17. The number of carbonyl (C=O) groups is 2. The maximum atomic E-state index is 12.3. The summed E-state index contributed by atoms with van der Waals surface area (Å²) in [4.78, 5) is 28.2. The Morgan fingerprint density at radius 1 is 1.13 bits per heavy atom. The van der Waals surface area contributed by atoms with E-state index in [4.69, 9.17) is 4.74 Å². The SMILES string of the molecule is COc1cccc(NC(=O)c2ccnc(C(=O)NC(C)C)c2)c1. The second kappa shape index (κ2) is 7.40. The molecule has 0 radical (unpaired) electrons. The molecule has 2 amide bonds. The molecule has 2 N–H and O–H groups in total. The fraction of sp³-hybridized carbons (Fsp3) is 0.235. The monoisotopic (exact) mass is 313 g/mol. The van der Waals surface area contributed by atoms with E-state index >= 15 is 0 Å². The summed E-state index contributed by atoms with van der Waals surface area (Å²) in [6, 6.07) is 10.1. The zero-order valence-electron chi connectivity index (χ0n) is 13.3. The summed E-state index contributed by atoms with van der Waals surface area (Å²) in [5, 5.41) is 5.50. The predicted molar refractivity (Wildman–Crippen MR) is 87.8 cm³/mol. The molecule has 0 unspecified atom stereocenters. The highest BCUT2D eigenvalue weighted by molar-refractivity contribution is 6.05. The van der Waals surface area contributed by atoms with Crippen molar-refractivity contribution < 1.29 is 14.3 Å². The van der Waals surface area contributed by atoms with Crippen LogP contribution in [0.5, 0.6) is 5.75 Å². The molecule has 1 heterocycles. The summed E-state index contributed by atoms with van der Waals surface area (Å²) in [6.45, 7) is 3.72. The lowest BCUT2D eigenvalue weighted by Gasteiger charge is -2.09. The van der Waals surface area contributed by atoms with Gasteiger partial charge in [0.25, 0.3) is 11.8 Å². The van der Waals surface area contributed by atoms with Crippen LogP contribution in [0.15, 0.2) is 42.6 Å². The van der Waals surface area contributed by atoms with Gasteiger partial charge in [-0.2, -0.15) is 0 Å². The molecule has 1 aromatic heterocycles. The Balaban J connectivity index is 2.14. The van der Waals surface area contributed by atoms with Crippen LogP contribution in [0.1, 0.15) is 34.7 Å². The first kappa shape index (κ1) is 16.5. The van der Waals surface area contributed by atoms with E-state index in [1.165, 1.54) is 12.3 Å². The number of rotatable bonds is 5. The number of benzene rings is 1. The van der Waals surface area contributed by atoms with Crippen molar-refractivity contribution in [3.8, 4) is 5.75 Å². The van der Waals surface area contributed by atoms with Crippen LogP contribution in [-0.2, 0) is 0 Å². The first-order chi connectivity index (χ1) is 11.0. The number of hydrogen-bond acceptors (Lipinski definition) is 4. The molecule has 2 aromatic rings. The van der Waals surface area contributed by atoms with Gasteiger partial charge in [-0.25, -0.2) is 0 Å². The number of anilines is 1. The van der Waals surface area contributed by atoms with Gasteiger partial charge in [0, 0.05) is 29.6 Å². The molecule has 0 atom stereocenters. The van der Waals surface area contributed by atoms with Gasteiger partial charge >= 0.3 is 0 Å². The zero-order chi connectivity index (χ0) is 16.8. The van der Waals surface area contributed by atoms with Gasteiger partial charge in [0.1, 0.15) is 11.4 Å². The Labute approximate surface area is 134 Å². The number of nitrogens with one attached hydrogen (secondary N) is 2. The van der Waals surface area contributed by atoms with Crippen molar-refractivity contribution in [2.75, 3.05) is 12.4 Å². The van der Waals surface area contributed by atoms with Gasteiger partial charge in [-0.3, -0.25) is 14.6 Å². The fourth-order valence-electron chi connectivity index (χ4n) is 1.94. The highest BCUT2D eigenvalue weighted by atomic mass is 16.5. The van der Waals surface area contributed by atoms with Crippen molar-refractivity contribution in [1.82, 2.24) is 10.3 Å². The average Bonchev–Trinajstić information content (AvgIpc) is 2.54. The van der Waals surface area contributed by atoms with Crippen molar-refractivity contribution >= 4 is 17.5 Å². The lowest BCUT2D eigenvalue weighted by Crippen LogP contribution is -2.31. The van der Waals surface area contributed by atoms with Crippen molar-refractivity contribution in [2.45, 2.75) is 19.9 Å². The van der Waals surface area contributed by atoms with Gasteiger partial charge in [-0.1, -0.05) is 6.07 Å². The molecule has 1 aromatic carbocycles. The number of methoxy groups -OCH3 is 1. The lowest BCUT2D eigenvalue weighted by atomic mass is 10.2. The van der Waals surface area contributed by atoms with Crippen LogP contribution in [0.25, 0.3) is 0 Å². The van der Waals surface area contributed by atoms with Gasteiger partial charge in [0.05, 0.1) is 7.11 Å². The molecule has 2 rings (SSSR count). The Kier molecular flexibility index (Phi) is 5.30. The van der Waals surface area contributed by atoms with Crippen molar-refractivity contribution in [1.29, 1.82) is 0 Å². The average molecular weight is 313 g/mol. The maximum Gasteiger partial charge on any atom is 0.270 e. The van der Waals surface area contributed by atoms with Crippen LogP contribution in [0, 0.1) is 0 Å². The van der Waals surface area contributed by atoms with Crippen LogP contribution >= 0.6 is 0 Å². The van der Waals surface area contributed by atoms with Crippen LogP contribution in [-0.4, -0.2) is 29.9 Å². The Bertz CT molecular complexity index is 714. The van der Waals surface area contributed by atoms with Crippen molar-refractivity contribution in [3.63, 3.8) is 0 Å². The standard InChI is InChI=1S/C17H19N3O3/c1-11(2)19-17(22)15-9-12(7-8-18-15)16(21)20-13-5-4-6-14(10-13)23-3/h4-11H,1-3H3,(H,19,22)(H,20,21). The molecule has 0 saturated heterocycles. The van der Waals surface area contributed by atoms with E-state index in [-0.39, 0.29) is 23.6 Å². The number of nitrogens with zero attached hydrogens (tertiary/aromatic N) is 1. The van der Waals surface area contributed by atoms with E-state index in [0.717, 1.165) is 0 Å².